The molecule has 1 aromatic carbocycles. The van der Waals surface area contributed by atoms with Crippen molar-refractivity contribution in [1.82, 2.24) is 9.62 Å². The third-order valence-electron chi connectivity index (χ3n) is 4.87. The summed E-state index contributed by atoms with van der Waals surface area (Å²) in [5.74, 6) is -0.770. The normalized spacial score (nSPS) is 21.2. The molecule has 8 nitrogen and oxygen atoms in total. The third kappa shape index (κ3) is 4.70. The molecule has 2 aliphatic heterocycles. The number of sulfonamides is 1. The number of nitrogens with one attached hydrogen (secondary N) is 1. The molecule has 0 aliphatic carbocycles. The summed E-state index contributed by atoms with van der Waals surface area (Å²) in [4.78, 5) is 30.6. The van der Waals surface area contributed by atoms with Gasteiger partial charge in [0.25, 0.3) is 15.9 Å². The molecule has 0 radical (unpaired) electrons. The van der Waals surface area contributed by atoms with E-state index >= 15 is 0 Å². The minimum Gasteiger partial charge on any atom is -0.454 e. The molecule has 1 N–H and O–H groups in total. The molecule has 1 fully saturated rings. The van der Waals surface area contributed by atoms with Crippen LogP contribution in [0.3, 0.4) is 0 Å². The lowest BCUT2D eigenvalue weighted by Crippen LogP contribution is -2.37. The standard InChI is InChI=1S/C19H25N3O5S/c1-14(20-18-15-9-5-6-10-16(15)28(25,26)21-18)19(24)27-13-17(23)22-11-7-3-2-4-8-12-22/h5-6,9-10,14H,2-4,7-8,11-13H2,1H3,(H,20,21)/t14-/m0/s1. The molecule has 2 heterocycles. The number of rotatable bonds is 4. The molecule has 3 rings (SSSR count). The van der Waals surface area contributed by atoms with E-state index in [0.29, 0.717) is 18.7 Å². The first kappa shape index (κ1) is 20.3. The summed E-state index contributed by atoms with van der Waals surface area (Å²) >= 11 is 0. The monoisotopic (exact) mass is 407 g/mol. The van der Waals surface area contributed by atoms with Crippen molar-refractivity contribution in [2.75, 3.05) is 19.7 Å². The van der Waals surface area contributed by atoms with E-state index in [1.54, 1.807) is 23.1 Å². The zero-order valence-electron chi connectivity index (χ0n) is 15.9. The number of amides is 1. The van der Waals surface area contributed by atoms with Crippen LogP contribution in [0, 0.1) is 0 Å². The highest BCUT2D eigenvalue weighted by molar-refractivity contribution is 7.90. The fourth-order valence-electron chi connectivity index (χ4n) is 3.32. The number of amidine groups is 1. The average Bonchev–Trinajstić information content (AvgIpc) is 2.90. The molecule has 152 valence electrons. The Bertz CT molecular complexity index is 873. The van der Waals surface area contributed by atoms with Crippen molar-refractivity contribution in [3.63, 3.8) is 0 Å². The highest BCUT2D eigenvalue weighted by Crippen LogP contribution is 2.22. The van der Waals surface area contributed by atoms with Gasteiger partial charge in [-0.2, -0.15) is 0 Å². The minimum atomic E-state index is -3.67. The van der Waals surface area contributed by atoms with Gasteiger partial charge in [0.1, 0.15) is 11.9 Å². The minimum absolute atomic E-state index is 0.107. The van der Waals surface area contributed by atoms with Gasteiger partial charge in [0, 0.05) is 18.7 Å². The highest BCUT2D eigenvalue weighted by atomic mass is 32.2. The lowest BCUT2D eigenvalue weighted by Gasteiger charge is -2.24. The average molecular weight is 407 g/mol. The van der Waals surface area contributed by atoms with Gasteiger partial charge < -0.3 is 9.64 Å². The maximum Gasteiger partial charge on any atom is 0.331 e. The molecule has 1 saturated heterocycles. The van der Waals surface area contributed by atoms with Gasteiger partial charge in [0.2, 0.25) is 0 Å². The summed E-state index contributed by atoms with van der Waals surface area (Å²) < 4.78 is 31.7. The number of ether oxygens (including phenoxy) is 1. The number of carbonyl (C=O) groups excluding carboxylic acids is 2. The van der Waals surface area contributed by atoms with Crippen LogP contribution in [0.15, 0.2) is 34.2 Å². The van der Waals surface area contributed by atoms with E-state index in [1.807, 2.05) is 0 Å². The van der Waals surface area contributed by atoms with E-state index in [9.17, 15) is 18.0 Å². The second-order valence-electron chi connectivity index (χ2n) is 7.01. The SMILES string of the molecule is C[C@H](N=C1NS(=O)(=O)c2ccccc21)C(=O)OCC(=O)N1CCCCCCC1. The molecule has 2 aliphatic rings. The number of esters is 1. The van der Waals surface area contributed by atoms with Gasteiger partial charge in [0.05, 0.1) is 4.90 Å². The molecule has 0 aromatic heterocycles. The van der Waals surface area contributed by atoms with Crippen molar-refractivity contribution in [3.05, 3.63) is 29.8 Å². The van der Waals surface area contributed by atoms with E-state index in [1.165, 1.54) is 19.4 Å². The van der Waals surface area contributed by atoms with Crippen molar-refractivity contribution in [2.45, 2.75) is 50.0 Å². The van der Waals surface area contributed by atoms with Gasteiger partial charge in [-0.1, -0.05) is 31.4 Å². The molecular weight excluding hydrogens is 382 g/mol. The van der Waals surface area contributed by atoms with Crippen LogP contribution in [-0.2, 0) is 24.3 Å². The summed E-state index contributed by atoms with van der Waals surface area (Å²) in [5.41, 5.74) is 0.416. The van der Waals surface area contributed by atoms with Crippen LogP contribution in [0.2, 0.25) is 0 Å². The topological polar surface area (TPSA) is 105 Å². The molecule has 0 saturated carbocycles. The summed E-state index contributed by atoms with van der Waals surface area (Å²) in [6.07, 6.45) is 5.33. The number of hydrogen-bond donors (Lipinski definition) is 1. The molecule has 0 spiro atoms. The highest BCUT2D eigenvalue weighted by Gasteiger charge is 2.31. The Hall–Kier alpha value is -2.42. The molecule has 0 bridgehead atoms. The second kappa shape index (κ2) is 8.72. The molecule has 1 amide bonds. The zero-order chi connectivity index (χ0) is 20.1. The van der Waals surface area contributed by atoms with Crippen LogP contribution in [0.25, 0.3) is 0 Å². The van der Waals surface area contributed by atoms with Gasteiger partial charge in [-0.05, 0) is 31.9 Å². The molecule has 0 unspecified atom stereocenters. The maximum atomic E-state index is 12.3. The fraction of sp³-hybridized carbons (Fsp3) is 0.526. The number of aliphatic imine (C=N–C) groups is 1. The number of likely N-dealkylation sites (tertiary alicyclic amines) is 1. The Morgan fingerprint density at radius 3 is 2.50 bits per heavy atom. The van der Waals surface area contributed by atoms with Gasteiger partial charge >= 0.3 is 5.97 Å². The molecule has 1 atom stereocenters. The van der Waals surface area contributed by atoms with Crippen LogP contribution in [0.1, 0.15) is 44.6 Å². The zero-order valence-corrected chi connectivity index (χ0v) is 16.7. The van der Waals surface area contributed by atoms with E-state index in [2.05, 4.69) is 9.71 Å². The number of nitrogens with zero attached hydrogens (tertiary/aromatic N) is 2. The quantitative estimate of drug-likeness (QED) is 0.761. The van der Waals surface area contributed by atoms with E-state index < -0.39 is 22.0 Å². The predicted molar refractivity (Wildman–Crippen MR) is 103 cm³/mol. The second-order valence-corrected chi connectivity index (χ2v) is 8.66. The number of benzene rings is 1. The molecule has 9 heteroatoms. The lowest BCUT2D eigenvalue weighted by atomic mass is 10.1. The molecule has 28 heavy (non-hydrogen) atoms. The third-order valence-corrected chi connectivity index (χ3v) is 6.27. The van der Waals surface area contributed by atoms with Crippen molar-refractivity contribution < 1.29 is 22.7 Å². The van der Waals surface area contributed by atoms with Crippen molar-refractivity contribution >= 4 is 27.7 Å². The Morgan fingerprint density at radius 1 is 1.14 bits per heavy atom. The van der Waals surface area contributed by atoms with Crippen molar-refractivity contribution in [2.24, 2.45) is 4.99 Å². The Morgan fingerprint density at radius 2 is 1.79 bits per heavy atom. The van der Waals surface area contributed by atoms with Crippen LogP contribution < -0.4 is 4.72 Å². The van der Waals surface area contributed by atoms with E-state index in [4.69, 9.17) is 4.74 Å². The summed E-state index contributed by atoms with van der Waals surface area (Å²) in [6, 6.07) is 5.47. The summed E-state index contributed by atoms with van der Waals surface area (Å²) in [7, 11) is -3.67. The molecular formula is C19H25N3O5S. The smallest absolute Gasteiger partial charge is 0.331 e. The first-order valence-electron chi connectivity index (χ1n) is 9.53. The largest absolute Gasteiger partial charge is 0.454 e. The maximum absolute atomic E-state index is 12.3. The van der Waals surface area contributed by atoms with Crippen LogP contribution in [-0.4, -0.2) is 56.8 Å². The van der Waals surface area contributed by atoms with Gasteiger partial charge in [-0.3, -0.25) is 14.5 Å². The first-order valence-corrected chi connectivity index (χ1v) is 11.0. The predicted octanol–water partition coefficient (Wildman–Crippen LogP) is 1.45. The molecule has 1 aromatic rings. The van der Waals surface area contributed by atoms with Crippen LogP contribution in [0.4, 0.5) is 0 Å². The number of carbonyl (C=O) groups is 2. The Balaban J connectivity index is 1.59. The lowest BCUT2D eigenvalue weighted by molar-refractivity contribution is -0.152. The first-order chi connectivity index (χ1) is 13.4. The van der Waals surface area contributed by atoms with Gasteiger partial charge in [-0.15, -0.1) is 0 Å². The Labute approximate surface area is 165 Å². The van der Waals surface area contributed by atoms with Crippen LogP contribution in [0.5, 0.6) is 0 Å². The van der Waals surface area contributed by atoms with Crippen molar-refractivity contribution in [1.29, 1.82) is 0 Å². The number of fused-ring (bicyclic) bond motifs is 1. The van der Waals surface area contributed by atoms with Gasteiger partial charge in [0.15, 0.2) is 6.61 Å². The Kier molecular flexibility index (Phi) is 6.33. The van der Waals surface area contributed by atoms with Crippen LogP contribution >= 0.6 is 0 Å². The fourth-order valence-corrected chi connectivity index (χ4v) is 4.56. The number of hydrogen-bond acceptors (Lipinski definition) is 6. The summed E-state index contributed by atoms with van der Waals surface area (Å²) in [6.45, 7) is 2.56. The van der Waals surface area contributed by atoms with Gasteiger partial charge in [-0.25, -0.2) is 13.2 Å². The van der Waals surface area contributed by atoms with Crippen molar-refractivity contribution in [3.8, 4) is 0 Å². The van der Waals surface area contributed by atoms with E-state index in [0.717, 1.165) is 25.7 Å². The summed E-state index contributed by atoms with van der Waals surface area (Å²) in [5, 5.41) is 0. The van der Waals surface area contributed by atoms with E-state index in [-0.39, 0.29) is 23.2 Å².